The first-order valence-corrected chi connectivity index (χ1v) is 5.42. The van der Waals surface area contributed by atoms with Crippen molar-refractivity contribution in [3.63, 3.8) is 0 Å². The maximum Gasteiger partial charge on any atom is 0.154 e. The van der Waals surface area contributed by atoms with E-state index >= 15 is 0 Å². The van der Waals surface area contributed by atoms with Gasteiger partial charge in [0, 0.05) is 0 Å². The van der Waals surface area contributed by atoms with Gasteiger partial charge in [0.25, 0.3) is 0 Å². The summed E-state index contributed by atoms with van der Waals surface area (Å²) >= 11 is 0. The van der Waals surface area contributed by atoms with Crippen molar-refractivity contribution in [2.75, 3.05) is 7.11 Å². The summed E-state index contributed by atoms with van der Waals surface area (Å²) in [6, 6.07) is 1.98. The van der Waals surface area contributed by atoms with Gasteiger partial charge in [-0.2, -0.15) is 0 Å². The third-order valence-corrected chi connectivity index (χ3v) is 3.22. The highest BCUT2D eigenvalue weighted by Crippen LogP contribution is 2.32. The van der Waals surface area contributed by atoms with Crippen molar-refractivity contribution in [1.82, 2.24) is 0 Å². The van der Waals surface area contributed by atoms with Gasteiger partial charge in [0.05, 0.1) is 12.7 Å². The first-order valence-electron chi connectivity index (χ1n) is 5.42. The number of carbonyl (C=O) groups excluding carboxylic acids is 1. The van der Waals surface area contributed by atoms with Crippen LogP contribution in [0, 0.1) is 6.92 Å². The summed E-state index contributed by atoms with van der Waals surface area (Å²) in [7, 11) is 1.62. The van der Waals surface area contributed by atoms with Gasteiger partial charge in [0.2, 0.25) is 0 Å². The predicted octanol–water partition coefficient (Wildman–Crippen LogP) is 2.69. The van der Waals surface area contributed by atoms with Gasteiger partial charge in [-0.05, 0) is 55.4 Å². The molecule has 0 atom stereocenters. The average Bonchev–Trinajstić information content (AvgIpc) is 2.29. The monoisotopic (exact) mass is 204 g/mol. The molecule has 0 spiro atoms. The Balaban J connectivity index is 2.64. The van der Waals surface area contributed by atoms with Crippen molar-refractivity contribution >= 4 is 6.29 Å². The Kier molecular flexibility index (Phi) is 2.76. The summed E-state index contributed by atoms with van der Waals surface area (Å²) in [5.41, 5.74) is 4.60. The number of aldehydes is 1. The van der Waals surface area contributed by atoms with E-state index in [9.17, 15) is 4.79 Å². The molecule has 1 aromatic rings. The van der Waals surface area contributed by atoms with Crippen LogP contribution < -0.4 is 4.74 Å². The fraction of sp³-hybridized carbons (Fsp3) is 0.462. The van der Waals surface area contributed by atoms with Crippen molar-refractivity contribution < 1.29 is 9.53 Å². The van der Waals surface area contributed by atoms with Crippen LogP contribution in [0.5, 0.6) is 5.75 Å². The molecular weight excluding hydrogens is 188 g/mol. The minimum Gasteiger partial charge on any atom is -0.496 e. The number of methoxy groups -OCH3 is 1. The van der Waals surface area contributed by atoms with Crippen molar-refractivity contribution in [3.05, 3.63) is 28.3 Å². The molecule has 2 nitrogen and oxygen atoms in total. The van der Waals surface area contributed by atoms with Gasteiger partial charge < -0.3 is 4.74 Å². The van der Waals surface area contributed by atoms with Gasteiger partial charge >= 0.3 is 0 Å². The largest absolute Gasteiger partial charge is 0.496 e. The van der Waals surface area contributed by atoms with E-state index in [0.29, 0.717) is 0 Å². The standard InChI is InChI=1S/C13H16O2/c1-9-7-13(15-2)12(8-14)11-6-4-3-5-10(9)11/h7-8H,3-6H2,1-2H3. The average molecular weight is 204 g/mol. The van der Waals surface area contributed by atoms with Crippen LogP contribution in [0.25, 0.3) is 0 Å². The molecule has 0 fully saturated rings. The summed E-state index contributed by atoms with van der Waals surface area (Å²) < 4.78 is 5.25. The number of rotatable bonds is 2. The van der Waals surface area contributed by atoms with E-state index in [1.807, 2.05) is 6.07 Å². The van der Waals surface area contributed by atoms with Gasteiger partial charge in [-0.1, -0.05) is 0 Å². The Labute approximate surface area is 90.3 Å². The van der Waals surface area contributed by atoms with E-state index < -0.39 is 0 Å². The summed E-state index contributed by atoms with van der Waals surface area (Å²) in [5, 5.41) is 0. The predicted molar refractivity (Wildman–Crippen MR) is 59.8 cm³/mol. The molecule has 0 amide bonds. The normalized spacial score (nSPS) is 14.5. The third-order valence-electron chi connectivity index (χ3n) is 3.22. The van der Waals surface area contributed by atoms with Crippen LogP contribution in [0.3, 0.4) is 0 Å². The number of ether oxygens (including phenoxy) is 1. The van der Waals surface area contributed by atoms with Crippen LogP contribution in [-0.4, -0.2) is 13.4 Å². The highest BCUT2D eigenvalue weighted by Gasteiger charge is 2.18. The smallest absolute Gasteiger partial charge is 0.154 e. The molecule has 0 saturated carbocycles. The van der Waals surface area contributed by atoms with Gasteiger partial charge in [-0.15, -0.1) is 0 Å². The van der Waals surface area contributed by atoms with Crippen LogP contribution >= 0.6 is 0 Å². The van der Waals surface area contributed by atoms with Gasteiger partial charge in [0.15, 0.2) is 6.29 Å². The number of benzene rings is 1. The molecule has 2 rings (SSSR count). The molecule has 0 aromatic heterocycles. The first kappa shape index (κ1) is 10.2. The van der Waals surface area contributed by atoms with E-state index in [1.165, 1.54) is 29.5 Å². The Hall–Kier alpha value is -1.31. The molecule has 0 heterocycles. The lowest BCUT2D eigenvalue weighted by Gasteiger charge is -2.21. The first-order chi connectivity index (χ1) is 7.27. The molecule has 15 heavy (non-hydrogen) atoms. The van der Waals surface area contributed by atoms with Crippen molar-refractivity contribution in [2.24, 2.45) is 0 Å². The van der Waals surface area contributed by atoms with Crippen LogP contribution in [0.4, 0.5) is 0 Å². The van der Waals surface area contributed by atoms with Crippen LogP contribution in [0.1, 0.15) is 39.9 Å². The number of hydrogen-bond acceptors (Lipinski definition) is 2. The summed E-state index contributed by atoms with van der Waals surface area (Å²) in [6.07, 6.45) is 5.47. The number of hydrogen-bond donors (Lipinski definition) is 0. The lowest BCUT2D eigenvalue weighted by molar-refractivity contribution is 0.111. The zero-order valence-electron chi connectivity index (χ0n) is 9.30. The Morgan fingerprint density at radius 3 is 2.53 bits per heavy atom. The Morgan fingerprint density at radius 1 is 1.27 bits per heavy atom. The zero-order valence-corrected chi connectivity index (χ0v) is 9.30. The molecule has 0 unspecified atom stereocenters. The molecule has 0 saturated heterocycles. The van der Waals surface area contributed by atoms with Crippen molar-refractivity contribution in [1.29, 1.82) is 0 Å². The fourth-order valence-corrected chi connectivity index (χ4v) is 2.45. The minimum atomic E-state index is 0.725. The van der Waals surface area contributed by atoms with E-state index in [4.69, 9.17) is 4.74 Å². The molecule has 0 aliphatic heterocycles. The van der Waals surface area contributed by atoms with Crippen molar-refractivity contribution in [2.45, 2.75) is 32.6 Å². The second-order valence-electron chi connectivity index (χ2n) is 4.09. The van der Waals surface area contributed by atoms with E-state index in [1.54, 1.807) is 7.11 Å². The topological polar surface area (TPSA) is 26.3 Å². The maximum absolute atomic E-state index is 11.1. The minimum absolute atomic E-state index is 0.725. The lowest BCUT2D eigenvalue weighted by atomic mass is 9.85. The molecule has 80 valence electrons. The summed E-state index contributed by atoms with van der Waals surface area (Å²) in [5.74, 6) is 0.725. The summed E-state index contributed by atoms with van der Waals surface area (Å²) in [4.78, 5) is 11.1. The fourth-order valence-electron chi connectivity index (χ4n) is 2.45. The number of aryl methyl sites for hydroxylation is 1. The van der Waals surface area contributed by atoms with E-state index in [-0.39, 0.29) is 0 Å². The van der Waals surface area contributed by atoms with Gasteiger partial charge in [-0.3, -0.25) is 4.79 Å². The molecule has 0 N–H and O–H groups in total. The van der Waals surface area contributed by atoms with Crippen LogP contribution in [0.2, 0.25) is 0 Å². The molecule has 2 heteroatoms. The Morgan fingerprint density at radius 2 is 1.93 bits per heavy atom. The lowest BCUT2D eigenvalue weighted by Crippen LogP contribution is -2.09. The van der Waals surface area contributed by atoms with Crippen LogP contribution in [-0.2, 0) is 12.8 Å². The van der Waals surface area contributed by atoms with Gasteiger partial charge in [-0.25, -0.2) is 0 Å². The molecule has 1 aliphatic carbocycles. The molecule has 1 aromatic carbocycles. The SMILES string of the molecule is COc1cc(C)c2c(c1C=O)CCCC2. The van der Waals surface area contributed by atoms with E-state index in [2.05, 4.69) is 6.92 Å². The maximum atomic E-state index is 11.1. The number of fused-ring (bicyclic) bond motifs is 1. The third kappa shape index (κ3) is 1.65. The van der Waals surface area contributed by atoms with Crippen molar-refractivity contribution in [3.8, 4) is 5.75 Å². The number of carbonyl (C=O) groups is 1. The van der Waals surface area contributed by atoms with Gasteiger partial charge in [0.1, 0.15) is 5.75 Å². The summed E-state index contributed by atoms with van der Waals surface area (Å²) in [6.45, 7) is 2.10. The second kappa shape index (κ2) is 4.05. The molecule has 0 bridgehead atoms. The second-order valence-corrected chi connectivity index (χ2v) is 4.09. The highest BCUT2D eigenvalue weighted by molar-refractivity contribution is 5.83. The van der Waals surface area contributed by atoms with Crippen LogP contribution in [0.15, 0.2) is 6.07 Å². The quantitative estimate of drug-likeness (QED) is 0.692. The van der Waals surface area contributed by atoms with E-state index in [0.717, 1.165) is 30.4 Å². The Bertz CT molecular complexity index is 394. The molecule has 0 radical (unpaired) electrons. The zero-order chi connectivity index (χ0) is 10.8. The highest BCUT2D eigenvalue weighted by atomic mass is 16.5. The molecular formula is C13H16O2. The molecule has 1 aliphatic rings.